The maximum Gasteiger partial charge on any atom is 0.126 e. The Balaban J connectivity index is 3.25. The zero-order valence-electron chi connectivity index (χ0n) is 6.56. The Labute approximate surface area is 75.4 Å². The lowest BCUT2D eigenvalue weighted by Gasteiger charge is -2.04. The lowest BCUT2D eigenvalue weighted by Crippen LogP contribution is -1.92. The van der Waals surface area contributed by atoms with Crippen LogP contribution in [0.25, 0.3) is 0 Å². The molecule has 0 saturated heterocycles. The minimum absolute atomic E-state index is 0.155. The summed E-state index contributed by atoms with van der Waals surface area (Å²) in [4.78, 5) is 0. The van der Waals surface area contributed by atoms with E-state index < -0.39 is 0 Å². The normalized spacial score (nSPS) is 9.50. The number of nitriles is 1. The average Bonchev–Trinajstić information content (AvgIpc) is 2.06. The number of halogens is 2. The van der Waals surface area contributed by atoms with E-state index in [0.29, 0.717) is 16.1 Å². The van der Waals surface area contributed by atoms with E-state index in [-0.39, 0.29) is 12.2 Å². The van der Waals surface area contributed by atoms with Gasteiger partial charge in [-0.25, -0.2) is 4.39 Å². The minimum atomic E-state index is -0.315. The van der Waals surface area contributed by atoms with Crippen LogP contribution in [0.3, 0.4) is 0 Å². The van der Waals surface area contributed by atoms with Gasteiger partial charge in [0.2, 0.25) is 0 Å². The quantitative estimate of drug-likeness (QED) is 0.657. The first-order valence-corrected chi connectivity index (χ1v) is 3.85. The van der Waals surface area contributed by atoms with Crippen molar-refractivity contribution in [1.82, 2.24) is 0 Å². The van der Waals surface area contributed by atoms with Gasteiger partial charge in [0.1, 0.15) is 5.82 Å². The second-order valence-electron chi connectivity index (χ2n) is 2.47. The van der Waals surface area contributed by atoms with Crippen LogP contribution in [0.15, 0.2) is 12.1 Å². The molecule has 0 aliphatic rings. The van der Waals surface area contributed by atoms with Gasteiger partial charge < -0.3 is 0 Å². The predicted molar refractivity (Wildman–Crippen MR) is 45.5 cm³/mol. The van der Waals surface area contributed by atoms with E-state index in [9.17, 15) is 4.39 Å². The van der Waals surface area contributed by atoms with Crippen LogP contribution in [0.5, 0.6) is 0 Å². The number of hydrogen-bond donors (Lipinski definition) is 0. The monoisotopic (exact) mass is 183 g/mol. The molecule has 12 heavy (non-hydrogen) atoms. The van der Waals surface area contributed by atoms with E-state index in [1.165, 1.54) is 12.1 Å². The van der Waals surface area contributed by atoms with Crippen molar-refractivity contribution in [3.63, 3.8) is 0 Å². The summed E-state index contributed by atoms with van der Waals surface area (Å²) in [5.74, 6) is -0.315. The van der Waals surface area contributed by atoms with Crippen molar-refractivity contribution in [2.45, 2.75) is 13.3 Å². The van der Waals surface area contributed by atoms with Gasteiger partial charge in [-0.1, -0.05) is 11.6 Å². The first-order chi connectivity index (χ1) is 5.66. The van der Waals surface area contributed by atoms with Crippen molar-refractivity contribution < 1.29 is 4.39 Å². The van der Waals surface area contributed by atoms with Crippen molar-refractivity contribution in [2.75, 3.05) is 0 Å². The molecule has 1 rings (SSSR count). The first-order valence-electron chi connectivity index (χ1n) is 3.47. The van der Waals surface area contributed by atoms with E-state index in [1.807, 2.05) is 6.07 Å². The zero-order chi connectivity index (χ0) is 9.14. The molecule has 0 bridgehead atoms. The highest BCUT2D eigenvalue weighted by molar-refractivity contribution is 6.31. The van der Waals surface area contributed by atoms with Crippen LogP contribution in [0.4, 0.5) is 4.39 Å². The highest BCUT2D eigenvalue weighted by Gasteiger charge is 2.07. The molecule has 0 N–H and O–H groups in total. The Morgan fingerprint density at radius 3 is 2.83 bits per heavy atom. The van der Waals surface area contributed by atoms with Gasteiger partial charge in [0.25, 0.3) is 0 Å². The molecule has 0 saturated carbocycles. The van der Waals surface area contributed by atoms with Gasteiger partial charge in [-0.05, 0) is 30.2 Å². The third-order valence-electron chi connectivity index (χ3n) is 1.73. The van der Waals surface area contributed by atoms with Crippen LogP contribution in [0.2, 0.25) is 5.02 Å². The summed E-state index contributed by atoms with van der Waals surface area (Å²) < 4.78 is 12.9. The molecule has 0 aromatic heterocycles. The average molecular weight is 184 g/mol. The van der Waals surface area contributed by atoms with E-state index in [1.54, 1.807) is 6.92 Å². The summed E-state index contributed by atoms with van der Waals surface area (Å²) in [7, 11) is 0. The molecular weight excluding hydrogens is 177 g/mol. The number of rotatable bonds is 1. The highest BCUT2D eigenvalue weighted by atomic mass is 35.5. The topological polar surface area (TPSA) is 23.8 Å². The molecule has 1 nitrogen and oxygen atoms in total. The predicted octanol–water partition coefficient (Wildman–Crippen LogP) is 2.85. The molecule has 0 heterocycles. The second-order valence-corrected chi connectivity index (χ2v) is 2.87. The number of nitrogens with zero attached hydrogens (tertiary/aromatic N) is 1. The molecule has 62 valence electrons. The molecule has 0 atom stereocenters. The summed E-state index contributed by atoms with van der Waals surface area (Å²) >= 11 is 5.76. The van der Waals surface area contributed by atoms with Gasteiger partial charge in [-0.2, -0.15) is 5.26 Å². The van der Waals surface area contributed by atoms with Gasteiger partial charge in [-0.15, -0.1) is 0 Å². The number of benzene rings is 1. The van der Waals surface area contributed by atoms with Gasteiger partial charge in [0.05, 0.1) is 12.5 Å². The fraction of sp³-hybridized carbons (Fsp3) is 0.222. The summed E-state index contributed by atoms with van der Waals surface area (Å²) in [6.07, 6.45) is 0.155. The number of hydrogen-bond acceptors (Lipinski definition) is 1. The Morgan fingerprint density at radius 2 is 2.25 bits per heavy atom. The van der Waals surface area contributed by atoms with E-state index >= 15 is 0 Å². The standard InChI is InChI=1S/C9H7ClFN/c1-6-7(4-5-12)8(10)2-3-9(6)11/h2-3H,4H2,1H3. The lowest BCUT2D eigenvalue weighted by atomic mass is 10.1. The fourth-order valence-electron chi connectivity index (χ4n) is 0.991. The van der Waals surface area contributed by atoms with Gasteiger partial charge in [-0.3, -0.25) is 0 Å². The summed E-state index contributed by atoms with van der Waals surface area (Å²) in [6, 6.07) is 4.71. The molecule has 3 heteroatoms. The molecule has 0 aliphatic carbocycles. The Hall–Kier alpha value is -1.07. The van der Waals surface area contributed by atoms with Crippen molar-refractivity contribution >= 4 is 11.6 Å². The zero-order valence-corrected chi connectivity index (χ0v) is 7.32. The van der Waals surface area contributed by atoms with Gasteiger partial charge in [0, 0.05) is 5.02 Å². The third-order valence-corrected chi connectivity index (χ3v) is 2.09. The Bertz CT molecular complexity index is 341. The van der Waals surface area contributed by atoms with Crippen LogP contribution in [-0.4, -0.2) is 0 Å². The highest BCUT2D eigenvalue weighted by Crippen LogP contribution is 2.22. The van der Waals surface area contributed by atoms with E-state index in [0.717, 1.165) is 0 Å². The van der Waals surface area contributed by atoms with Gasteiger partial charge in [0.15, 0.2) is 0 Å². The Morgan fingerprint density at radius 1 is 1.58 bits per heavy atom. The largest absolute Gasteiger partial charge is 0.207 e. The summed E-state index contributed by atoms with van der Waals surface area (Å²) in [5.41, 5.74) is 1.04. The lowest BCUT2D eigenvalue weighted by molar-refractivity contribution is 0.616. The van der Waals surface area contributed by atoms with Crippen LogP contribution in [-0.2, 0) is 6.42 Å². The van der Waals surface area contributed by atoms with Crippen LogP contribution in [0.1, 0.15) is 11.1 Å². The molecule has 1 aromatic rings. The molecule has 0 fully saturated rings. The summed E-state index contributed by atoms with van der Waals surface area (Å²) in [5, 5.41) is 8.88. The van der Waals surface area contributed by atoms with Crippen molar-refractivity contribution in [3.8, 4) is 6.07 Å². The molecular formula is C9H7ClFN. The molecule has 0 aliphatic heterocycles. The van der Waals surface area contributed by atoms with Crippen LogP contribution < -0.4 is 0 Å². The van der Waals surface area contributed by atoms with E-state index in [4.69, 9.17) is 16.9 Å². The third kappa shape index (κ3) is 1.57. The van der Waals surface area contributed by atoms with Crippen LogP contribution in [0, 0.1) is 24.1 Å². The van der Waals surface area contributed by atoms with Crippen LogP contribution >= 0.6 is 11.6 Å². The molecule has 0 radical (unpaired) electrons. The summed E-state index contributed by atoms with van der Waals surface area (Å²) in [6.45, 7) is 1.62. The van der Waals surface area contributed by atoms with Crippen molar-refractivity contribution in [1.29, 1.82) is 5.26 Å². The molecule has 0 spiro atoms. The van der Waals surface area contributed by atoms with Gasteiger partial charge >= 0.3 is 0 Å². The first kappa shape index (κ1) is 9.02. The van der Waals surface area contributed by atoms with Crippen molar-refractivity contribution in [2.24, 2.45) is 0 Å². The maximum absolute atomic E-state index is 12.9. The SMILES string of the molecule is Cc1c(F)ccc(Cl)c1CC#N. The second kappa shape index (κ2) is 3.55. The van der Waals surface area contributed by atoms with Crippen molar-refractivity contribution in [3.05, 3.63) is 34.1 Å². The smallest absolute Gasteiger partial charge is 0.126 e. The Kier molecular flexibility index (Phi) is 2.67. The molecule has 0 amide bonds. The fourth-order valence-corrected chi connectivity index (χ4v) is 1.26. The molecule has 0 unspecified atom stereocenters. The maximum atomic E-state index is 12.9. The van der Waals surface area contributed by atoms with E-state index in [2.05, 4.69) is 0 Å². The molecule has 1 aromatic carbocycles. The minimum Gasteiger partial charge on any atom is -0.207 e.